The molecule has 7 nitrogen and oxygen atoms in total. The van der Waals surface area contributed by atoms with Crippen molar-refractivity contribution in [3.63, 3.8) is 0 Å². The SMILES string of the molecule is CC(O)C1CCCCN1CCn1cc([N+](=O)[O-])ccc1=O. The van der Waals surface area contributed by atoms with Gasteiger partial charge in [0.15, 0.2) is 0 Å². The molecule has 1 aliphatic rings. The van der Waals surface area contributed by atoms with Crippen LogP contribution in [0, 0.1) is 10.1 Å². The van der Waals surface area contributed by atoms with Gasteiger partial charge in [-0.15, -0.1) is 0 Å². The van der Waals surface area contributed by atoms with E-state index in [0.717, 1.165) is 25.8 Å². The molecule has 2 unspecified atom stereocenters. The number of nitro groups is 1. The average molecular weight is 295 g/mol. The second kappa shape index (κ2) is 6.82. The maximum Gasteiger partial charge on any atom is 0.285 e. The number of aromatic nitrogens is 1. The number of aliphatic hydroxyl groups excluding tert-OH is 1. The maximum absolute atomic E-state index is 11.8. The minimum atomic E-state index is -0.505. The Morgan fingerprint density at radius 3 is 2.86 bits per heavy atom. The summed E-state index contributed by atoms with van der Waals surface area (Å²) in [5.41, 5.74) is -0.327. The Morgan fingerprint density at radius 2 is 2.19 bits per heavy atom. The van der Waals surface area contributed by atoms with Crippen LogP contribution in [0.25, 0.3) is 0 Å². The van der Waals surface area contributed by atoms with Gasteiger partial charge in [0.25, 0.3) is 11.2 Å². The lowest BCUT2D eigenvalue weighted by Crippen LogP contribution is -2.47. The van der Waals surface area contributed by atoms with E-state index in [1.54, 1.807) is 6.92 Å². The molecule has 1 aliphatic heterocycles. The van der Waals surface area contributed by atoms with Gasteiger partial charge >= 0.3 is 0 Å². The van der Waals surface area contributed by atoms with Crippen LogP contribution in [0.4, 0.5) is 5.69 Å². The summed E-state index contributed by atoms with van der Waals surface area (Å²) in [6, 6.07) is 2.55. The highest BCUT2D eigenvalue weighted by molar-refractivity contribution is 5.24. The van der Waals surface area contributed by atoms with E-state index in [4.69, 9.17) is 0 Å². The molecule has 1 fully saturated rings. The van der Waals surface area contributed by atoms with Crippen molar-refractivity contribution in [3.8, 4) is 0 Å². The first-order valence-corrected chi connectivity index (χ1v) is 7.26. The smallest absolute Gasteiger partial charge is 0.285 e. The van der Waals surface area contributed by atoms with Crippen molar-refractivity contribution in [1.82, 2.24) is 9.47 Å². The Hall–Kier alpha value is -1.73. The Kier molecular flexibility index (Phi) is 5.08. The number of piperidine rings is 1. The molecule has 0 amide bonds. The third kappa shape index (κ3) is 3.89. The van der Waals surface area contributed by atoms with Crippen LogP contribution in [0.2, 0.25) is 0 Å². The molecule has 7 heteroatoms. The van der Waals surface area contributed by atoms with Gasteiger partial charge < -0.3 is 9.67 Å². The van der Waals surface area contributed by atoms with Gasteiger partial charge in [0, 0.05) is 31.3 Å². The van der Waals surface area contributed by atoms with Crippen molar-refractivity contribution in [2.75, 3.05) is 13.1 Å². The van der Waals surface area contributed by atoms with E-state index < -0.39 is 11.0 Å². The number of hydrogen-bond acceptors (Lipinski definition) is 5. The van der Waals surface area contributed by atoms with Crippen LogP contribution in [0.5, 0.6) is 0 Å². The number of rotatable bonds is 5. The summed E-state index contributed by atoms with van der Waals surface area (Å²) in [7, 11) is 0. The molecule has 2 heterocycles. The molecule has 0 radical (unpaired) electrons. The van der Waals surface area contributed by atoms with Crippen molar-refractivity contribution in [3.05, 3.63) is 38.8 Å². The average Bonchev–Trinajstić information content (AvgIpc) is 2.46. The third-order valence-electron chi connectivity index (χ3n) is 4.03. The molecule has 1 aromatic rings. The van der Waals surface area contributed by atoms with E-state index >= 15 is 0 Å². The van der Waals surface area contributed by atoms with Crippen molar-refractivity contribution in [1.29, 1.82) is 0 Å². The summed E-state index contributed by atoms with van der Waals surface area (Å²) < 4.78 is 1.37. The number of nitrogens with zero attached hydrogens (tertiary/aromatic N) is 3. The minimum Gasteiger partial charge on any atom is -0.392 e. The second-order valence-corrected chi connectivity index (χ2v) is 5.52. The zero-order valence-corrected chi connectivity index (χ0v) is 12.1. The van der Waals surface area contributed by atoms with Gasteiger partial charge in [-0.1, -0.05) is 6.42 Å². The van der Waals surface area contributed by atoms with Crippen LogP contribution in [0.1, 0.15) is 26.2 Å². The van der Waals surface area contributed by atoms with Crippen molar-refractivity contribution >= 4 is 5.69 Å². The molecular weight excluding hydrogens is 274 g/mol. The number of aliphatic hydroxyl groups is 1. The molecule has 21 heavy (non-hydrogen) atoms. The van der Waals surface area contributed by atoms with Crippen LogP contribution in [-0.4, -0.2) is 44.7 Å². The largest absolute Gasteiger partial charge is 0.392 e. The number of hydrogen-bond donors (Lipinski definition) is 1. The standard InChI is InChI=1S/C14H21N3O4/c1-11(18)13-4-2-3-7-15(13)8-9-16-10-12(17(20)21)5-6-14(16)19/h5-6,10-11,13,18H,2-4,7-9H2,1H3. The van der Waals surface area contributed by atoms with Crippen molar-refractivity contribution in [2.24, 2.45) is 0 Å². The van der Waals surface area contributed by atoms with Crippen molar-refractivity contribution in [2.45, 2.75) is 44.9 Å². The molecule has 116 valence electrons. The highest BCUT2D eigenvalue weighted by Gasteiger charge is 2.25. The topological polar surface area (TPSA) is 88.6 Å². The molecular formula is C14H21N3O4. The molecule has 2 atom stereocenters. The summed E-state index contributed by atoms with van der Waals surface area (Å²) in [5, 5.41) is 20.6. The molecule has 1 saturated heterocycles. The zero-order chi connectivity index (χ0) is 15.4. The Balaban J connectivity index is 2.06. The molecule has 0 bridgehead atoms. The Labute approximate surface area is 123 Å². The predicted molar refractivity (Wildman–Crippen MR) is 78.2 cm³/mol. The van der Waals surface area contributed by atoms with Crippen LogP contribution in [-0.2, 0) is 6.54 Å². The number of pyridine rings is 1. The highest BCUT2D eigenvalue weighted by Crippen LogP contribution is 2.19. The van der Waals surface area contributed by atoms with E-state index in [1.807, 2.05) is 0 Å². The van der Waals surface area contributed by atoms with Gasteiger partial charge in [0.1, 0.15) is 0 Å². The molecule has 0 spiro atoms. The fourth-order valence-corrected chi connectivity index (χ4v) is 2.88. The van der Waals surface area contributed by atoms with Gasteiger partial charge in [0.2, 0.25) is 0 Å². The van der Waals surface area contributed by atoms with E-state index in [1.165, 1.54) is 22.9 Å². The lowest BCUT2D eigenvalue weighted by atomic mass is 9.98. The quantitative estimate of drug-likeness (QED) is 0.646. The van der Waals surface area contributed by atoms with Gasteiger partial charge in [-0.3, -0.25) is 19.8 Å². The monoisotopic (exact) mass is 295 g/mol. The fourth-order valence-electron chi connectivity index (χ4n) is 2.88. The molecule has 1 aromatic heterocycles. The minimum absolute atomic E-state index is 0.0830. The fraction of sp³-hybridized carbons (Fsp3) is 0.643. The summed E-state index contributed by atoms with van der Waals surface area (Å²) >= 11 is 0. The lowest BCUT2D eigenvalue weighted by Gasteiger charge is -2.37. The predicted octanol–water partition coefficient (Wildman–Crippen LogP) is 0.992. The molecule has 2 rings (SSSR count). The van der Waals surface area contributed by atoms with Gasteiger partial charge in [-0.2, -0.15) is 0 Å². The third-order valence-corrected chi connectivity index (χ3v) is 4.03. The Bertz CT molecular complexity index is 555. The molecule has 1 N–H and O–H groups in total. The first-order chi connectivity index (χ1) is 9.99. The van der Waals surface area contributed by atoms with E-state index in [9.17, 15) is 20.0 Å². The van der Waals surface area contributed by atoms with E-state index in [0.29, 0.717) is 13.1 Å². The van der Waals surface area contributed by atoms with Gasteiger partial charge in [-0.05, 0) is 26.3 Å². The highest BCUT2D eigenvalue weighted by atomic mass is 16.6. The zero-order valence-electron chi connectivity index (χ0n) is 12.1. The summed E-state index contributed by atoms with van der Waals surface area (Å²) in [4.78, 5) is 24.2. The van der Waals surface area contributed by atoms with Crippen LogP contribution in [0.3, 0.4) is 0 Å². The summed E-state index contributed by atoms with van der Waals surface area (Å²) in [5.74, 6) is 0. The molecule has 0 saturated carbocycles. The lowest BCUT2D eigenvalue weighted by molar-refractivity contribution is -0.385. The summed E-state index contributed by atoms with van der Waals surface area (Å²) in [6.45, 7) is 3.67. The Morgan fingerprint density at radius 1 is 1.43 bits per heavy atom. The second-order valence-electron chi connectivity index (χ2n) is 5.52. The molecule has 0 aromatic carbocycles. The maximum atomic E-state index is 11.8. The van der Waals surface area contributed by atoms with Crippen LogP contribution >= 0.6 is 0 Å². The van der Waals surface area contributed by atoms with Gasteiger partial charge in [-0.25, -0.2) is 0 Å². The summed E-state index contributed by atoms with van der Waals surface area (Å²) in [6.07, 6.45) is 3.99. The first kappa shape index (κ1) is 15.7. The number of likely N-dealkylation sites (tertiary alicyclic amines) is 1. The van der Waals surface area contributed by atoms with Crippen LogP contribution < -0.4 is 5.56 Å². The molecule has 0 aliphatic carbocycles. The van der Waals surface area contributed by atoms with Gasteiger partial charge in [0.05, 0.1) is 17.2 Å². The van der Waals surface area contributed by atoms with Crippen molar-refractivity contribution < 1.29 is 10.0 Å². The first-order valence-electron chi connectivity index (χ1n) is 7.26. The van der Waals surface area contributed by atoms with E-state index in [2.05, 4.69) is 4.90 Å². The van der Waals surface area contributed by atoms with E-state index in [-0.39, 0.29) is 17.3 Å². The normalized spacial score (nSPS) is 21.1. The van der Waals surface area contributed by atoms with Crippen LogP contribution in [0.15, 0.2) is 23.1 Å².